The van der Waals surface area contributed by atoms with Gasteiger partial charge in [-0.05, 0) is 41.8 Å². The number of hydrogen-bond donors (Lipinski definition) is 1. The van der Waals surface area contributed by atoms with Crippen LogP contribution in [0.1, 0.15) is 22.4 Å². The Morgan fingerprint density at radius 3 is 2.44 bits per heavy atom. The maximum absolute atomic E-state index is 13.3. The molecule has 4 rings (SSSR count). The molecule has 172 valence electrons. The van der Waals surface area contributed by atoms with Crippen molar-refractivity contribution in [2.75, 3.05) is 14.2 Å². The maximum Gasteiger partial charge on any atom is 0.252 e. The summed E-state index contributed by atoms with van der Waals surface area (Å²) in [4.78, 5) is 18.0. The van der Waals surface area contributed by atoms with Crippen LogP contribution in [-0.4, -0.2) is 25.1 Å². The third-order valence-corrected chi connectivity index (χ3v) is 6.33. The largest absolute Gasteiger partial charge is 0.493 e. The number of ether oxygens (including phenoxy) is 2. The topological polar surface area (TPSA) is 60.5 Å². The zero-order valence-corrected chi connectivity index (χ0v) is 20.2. The number of benzene rings is 3. The molecule has 0 aliphatic rings. The monoisotopic (exact) mass is 470 g/mol. The Labute approximate surface area is 203 Å². The Morgan fingerprint density at radius 2 is 1.71 bits per heavy atom. The van der Waals surface area contributed by atoms with E-state index in [4.69, 9.17) is 14.5 Å². The van der Waals surface area contributed by atoms with Gasteiger partial charge in [0, 0.05) is 16.5 Å². The first-order valence-corrected chi connectivity index (χ1v) is 11.7. The molecule has 4 aromatic rings. The number of amides is 1. The lowest BCUT2D eigenvalue weighted by atomic mass is 10.0. The summed E-state index contributed by atoms with van der Waals surface area (Å²) in [7, 11) is 3.19. The van der Waals surface area contributed by atoms with Crippen molar-refractivity contribution in [1.82, 2.24) is 10.3 Å². The Kier molecular flexibility index (Phi) is 7.40. The number of thiazole rings is 1. The molecule has 1 N–H and O–H groups in total. The van der Waals surface area contributed by atoms with E-state index in [1.165, 1.54) is 5.56 Å². The van der Waals surface area contributed by atoms with E-state index in [2.05, 4.69) is 24.4 Å². The predicted octanol–water partition coefficient (Wildman–Crippen LogP) is 5.99. The molecule has 3 aromatic carbocycles. The Morgan fingerprint density at radius 1 is 0.971 bits per heavy atom. The van der Waals surface area contributed by atoms with Crippen LogP contribution in [-0.2, 0) is 11.3 Å². The molecule has 0 atom stereocenters. The zero-order chi connectivity index (χ0) is 23.9. The molecule has 0 bridgehead atoms. The molecule has 6 heteroatoms. The van der Waals surface area contributed by atoms with Crippen molar-refractivity contribution in [2.24, 2.45) is 0 Å². The van der Waals surface area contributed by atoms with Gasteiger partial charge in [-0.1, -0.05) is 60.7 Å². The van der Waals surface area contributed by atoms with Gasteiger partial charge in [0.1, 0.15) is 5.01 Å². The van der Waals surface area contributed by atoms with Crippen LogP contribution in [0.2, 0.25) is 0 Å². The number of hydrogen-bond acceptors (Lipinski definition) is 5. The first-order valence-electron chi connectivity index (χ1n) is 10.9. The van der Waals surface area contributed by atoms with Crippen LogP contribution < -0.4 is 14.8 Å². The summed E-state index contributed by atoms with van der Waals surface area (Å²) in [5.74, 6) is 1.07. The minimum absolute atomic E-state index is 0.175. The lowest BCUT2D eigenvalue weighted by molar-refractivity contribution is -0.115. The van der Waals surface area contributed by atoms with E-state index in [-0.39, 0.29) is 5.91 Å². The average Bonchev–Trinajstić information content (AvgIpc) is 3.35. The number of carbonyl (C=O) groups is 1. The molecule has 5 nitrogen and oxygen atoms in total. The van der Waals surface area contributed by atoms with E-state index in [9.17, 15) is 4.79 Å². The Bertz CT molecular complexity index is 1310. The van der Waals surface area contributed by atoms with Crippen LogP contribution in [0.15, 0.2) is 78.2 Å². The van der Waals surface area contributed by atoms with Gasteiger partial charge in [0.15, 0.2) is 11.5 Å². The molecule has 0 spiro atoms. The highest BCUT2D eigenvalue weighted by Crippen LogP contribution is 2.30. The second kappa shape index (κ2) is 10.8. The van der Waals surface area contributed by atoms with Gasteiger partial charge in [0.2, 0.25) is 0 Å². The summed E-state index contributed by atoms with van der Waals surface area (Å²) < 4.78 is 10.7. The molecule has 1 amide bonds. The normalized spacial score (nSPS) is 11.2. The number of aromatic nitrogens is 1. The molecule has 0 fully saturated rings. The fraction of sp³-hybridized carbons (Fsp3) is 0.143. The van der Waals surface area contributed by atoms with Crippen LogP contribution >= 0.6 is 11.3 Å². The summed E-state index contributed by atoms with van der Waals surface area (Å²) >= 11 is 1.58. The molecule has 0 aliphatic heterocycles. The number of rotatable bonds is 8. The first-order chi connectivity index (χ1) is 16.6. The van der Waals surface area contributed by atoms with Gasteiger partial charge < -0.3 is 14.8 Å². The van der Waals surface area contributed by atoms with Gasteiger partial charge in [-0.2, -0.15) is 0 Å². The van der Waals surface area contributed by atoms with E-state index < -0.39 is 0 Å². The molecule has 1 aromatic heterocycles. The highest BCUT2D eigenvalue weighted by molar-refractivity contribution is 7.13. The number of nitrogens with one attached hydrogen (secondary N) is 1. The Hall–Kier alpha value is -3.90. The number of aryl methyl sites for hydroxylation is 1. The van der Waals surface area contributed by atoms with Gasteiger partial charge in [-0.3, -0.25) is 4.79 Å². The van der Waals surface area contributed by atoms with Crippen LogP contribution in [0.5, 0.6) is 11.5 Å². The highest BCUT2D eigenvalue weighted by atomic mass is 32.1. The number of methoxy groups -OCH3 is 2. The standard InChI is InChI=1S/C28H26N2O3S/c1-19-9-7-8-12-23(19)28-30-22(18-34-28)17-29-27(31)24(21-10-5-4-6-11-21)15-20-13-14-25(32-2)26(16-20)33-3/h4-16,18H,17H2,1-3H3,(H,29,31)/b24-15+. The summed E-state index contributed by atoms with van der Waals surface area (Å²) in [5, 5.41) is 5.97. The summed E-state index contributed by atoms with van der Waals surface area (Å²) in [6.45, 7) is 2.42. The third-order valence-electron chi connectivity index (χ3n) is 5.41. The van der Waals surface area contributed by atoms with Crippen molar-refractivity contribution in [3.8, 4) is 22.1 Å². The van der Waals surface area contributed by atoms with E-state index in [1.54, 1.807) is 25.6 Å². The maximum atomic E-state index is 13.3. The van der Waals surface area contributed by atoms with Gasteiger partial charge in [-0.15, -0.1) is 11.3 Å². The average molecular weight is 471 g/mol. The van der Waals surface area contributed by atoms with E-state index in [0.717, 1.165) is 27.4 Å². The molecule has 0 unspecified atom stereocenters. The van der Waals surface area contributed by atoms with Gasteiger partial charge >= 0.3 is 0 Å². The highest BCUT2D eigenvalue weighted by Gasteiger charge is 2.14. The SMILES string of the molecule is COc1ccc(/C=C(/C(=O)NCc2csc(-c3ccccc3C)n2)c2ccccc2)cc1OC. The van der Waals surface area contributed by atoms with Crippen molar-refractivity contribution in [1.29, 1.82) is 0 Å². The summed E-state index contributed by atoms with van der Waals surface area (Å²) in [5.41, 5.74) is 5.34. The van der Waals surface area contributed by atoms with E-state index in [1.807, 2.05) is 72.1 Å². The van der Waals surface area contributed by atoms with E-state index in [0.29, 0.717) is 23.6 Å². The fourth-order valence-electron chi connectivity index (χ4n) is 3.60. The van der Waals surface area contributed by atoms with Crippen molar-refractivity contribution in [3.05, 3.63) is 101 Å². The predicted molar refractivity (Wildman–Crippen MR) is 138 cm³/mol. The molecule has 34 heavy (non-hydrogen) atoms. The molecule has 0 saturated carbocycles. The van der Waals surface area contributed by atoms with Crippen LogP contribution in [0.4, 0.5) is 0 Å². The van der Waals surface area contributed by atoms with Crippen molar-refractivity contribution in [2.45, 2.75) is 13.5 Å². The van der Waals surface area contributed by atoms with Crippen LogP contribution in [0, 0.1) is 6.92 Å². The van der Waals surface area contributed by atoms with Gasteiger partial charge in [0.05, 0.1) is 26.5 Å². The third kappa shape index (κ3) is 5.35. The van der Waals surface area contributed by atoms with Crippen molar-refractivity contribution in [3.63, 3.8) is 0 Å². The first kappa shape index (κ1) is 23.3. The lowest BCUT2D eigenvalue weighted by Gasteiger charge is -2.11. The fourth-order valence-corrected chi connectivity index (χ4v) is 4.51. The number of carbonyl (C=O) groups excluding carboxylic acids is 1. The molecule has 0 aliphatic carbocycles. The van der Waals surface area contributed by atoms with Gasteiger partial charge in [0.25, 0.3) is 5.91 Å². The second-order valence-electron chi connectivity index (χ2n) is 7.68. The molecular formula is C28H26N2O3S. The quantitative estimate of drug-likeness (QED) is 0.254. The molecule has 1 heterocycles. The molecular weight excluding hydrogens is 444 g/mol. The zero-order valence-electron chi connectivity index (χ0n) is 19.4. The van der Waals surface area contributed by atoms with Crippen molar-refractivity contribution < 1.29 is 14.3 Å². The van der Waals surface area contributed by atoms with Crippen LogP contribution in [0.25, 0.3) is 22.2 Å². The smallest absolute Gasteiger partial charge is 0.252 e. The lowest BCUT2D eigenvalue weighted by Crippen LogP contribution is -2.24. The Balaban J connectivity index is 1.57. The summed E-state index contributed by atoms with van der Waals surface area (Å²) in [6.07, 6.45) is 1.85. The summed E-state index contributed by atoms with van der Waals surface area (Å²) in [6, 6.07) is 23.3. The van der Waals surface area contributed by atoms with Crippen molar-refractivity contribution >= 4 is 28.9 Å². The second-order valence-corrected chi connectivity index (χ2v) is 8.54. The molecule has 0 radical (unpaired) electrons. The minimum atomic E-state index is -0.175. The van der Waals surface area contributed by atoms with E-state index >= 15 is 0 Å². The van der Waals surface area contributed by atoms with Crippen LogP contribution in [0.3, 0.4) is 0 Å². The van der Waals surface area contributed by atoms with Gasteiger partial charge in [-0.25, -0.2) is 4.98 Å². The number of nitrogens with zero attached hydrogens (tertiary/aromatic N) is 1. The molecule has 0 saturated heterocycles. The minimum Gasteiger partial charge on any atom is -0.493 e.